The molecule has 1 aliphatic rings. The van der Waals surface area contributed by atoms with Crippen molar-refractivity contribution in [1.82, 2.24) is 4.72 Å². The van der Waals surface area contributed by atoms with E-state index in [4.69, 9.17) is 5.14 Å². The van der Waals surface area contributed by atoms with E-state index in [1.54, 1.807) is 0 Å². The minimum atomic E-state index is -3.50. The van der Waals surface area contributed by atoms with Gasteiger partial charge in [0.05, 0.1) is 0 Å². The molecular weight excluding hydrogens is 176 g/mol. The first-order valence-electron chi connectivity index (χ1n) is 4.27. The third kappa shape index (κ3) is 3.51. The Balaban J connectivity index is 2.43. The lowest BCUT2D eigenvalue weighted by Gasteiger charge is -2.26. The minimum Gasteiger partial charge on any atom is -0.216 e. The summed E-state index contributed by atoms with van der Waals surface area (Å²) in [6.45, 7) is 2.14. The van der Waals surface area contributed by atoms with E-state index in [1.165, 1.54) is 6.42 Å². The van der Waals surface area contributed by atoms with E-state index in [0.29, 0.717) is 5.92 Å². The lowest BCUT2D eigenvalue weighted by molar-refractivity contribution is 0.327. The number of nitrogens with two attached hydrogens (primary N) is 1. The summed E-state index contributed by atoms with van der Waals surface area (Å²) in [5.74, 6) is 0.609. The van der Waals surface area contributed by atoms with Crippen molar-refractivity contribution >= 4 is 10.2 Å². The quantitative estimate of drug-likeness (QED) is 0.663. The Morgan fingerprint density at radius 2 is 2.08 bits per heavy atom. The summed E-state index contributed by atoms with van der Waals surface area (Å²) in [6.07, 6.45) is 4.12. The fraction of sp³-hybridized carbons (Fsp3) is 1.00. The van der Waals surface area contributed by atoms with Crippen molar-refractivity contribution in [1.29, 1.82) is 0 Å². The summed E-state index contributed by atoms with van der Waals surface area (Å²) in [4.78, 5) is 0. The summed E-state index contributed by atoms with van der Waals surface area (Å²) in [6, 6.07) is 0.0590. The van der Waals surface area contributed by atoms with Gasteiger partial charge in [-0.3, -0.25) is 0 Å². The lowest BCUT2D eigenvalue weighted by atomic mass is 9.88. The zero-order valence-electron chi connectivity index (χ0n) is 7.29. The van der Waals surface area contributed by atoms with Crippen LogP contribution in [0.1, 0.15) is 32.6 Å². The van der Waals surface area contributed by atoms with Crippen LogP contribution in [-0.2, 0) is 10.2 Å². The minimum absolute atomic E-state index is 0.0590. The van der Waals surface area contributed by atoms with Gasteiger partial charge in [-0.15, -0.1) is 0 Å². The fourth-order valence-corrected chi connectivity index (χ4v) is 2.45. The van der Waals surface area contributed by atoms with Crippen LogP contribution < -0.4 is 9.86 Å². The Kier molecular flexibility index (Phi) is 3.09. The molecule has 0 aromatic heterocycles. The highest BCUT2D eigenvalue weighted by Crippen LogP contribution is 2.23. The average Bonchev–Trinajstić information content (AvgIpc) is 1.82. The van der Waals surface area contributed by atoms with Crippen molar-refractivity contribution < 1.29 is 8.42 Å². The van der Waals surface area contributed by atoms with Gasteiger partial charge in [0.15, 0.2) is 0 Å². The van der Waals surface area contributed by atoms with Crippen LogP contribution in [0, 0.1) is 5.92 Å². The molecule has 2 atom stereocenters. The Labute approximate surface area is 73.7 Å². The SMILES string of the molecule is CC1CCCC(NS(N)(=O)=O)C1. The zero-order valence-corrected chi connectivity index (χ0v) is 8.10. The molecule has 72 valence electrons. The third-order valence-electron chi connectivity index (χ3n) is 2.27. The standard InChI is InChI=1S/C7H16N2O2S/c1-6-3-2-4-7(5-6)9-12(8,10)11/h6-7,9H,2-5H2,1H3,(H2,8,10,11). The van der Waals surface area contributed by atoms with E-state index in [2.05, 4.69) is 11.6 Å². The van der Waals surface area contributed by atoms with Crippen molar-refractivity contribution in [3.8, 4) is 0 Å². The van der Waals surface area contributed by atoms with Gasteiger partial charge in [-0.1, -0.05) is 19.8 Å². The second-order valence-electron chi connectivity index (χ2n) is 3.63. The second kappa shape index (κ2) is 3.72. The van der Waals surface area contributed by atoms with Gasteiger partial charge in [0.25, 0.3) is 10.2 Å². The van der Waals surface area contributed by atoms with Gasteiger partial charge in [0.1, 0.15) is 0 Å². The van der Waals surface area contributed by atoms with Crippen LogP contribution in [0.15, 0.2) is 0 Å². The maximum atomic E-state index is 10.7. The van der Waals surface area contributed by atoms with Gasteiger partial charge >= 0.3 is 0 Å². The average molecular weight is 192 g/mol. The molecular formula is C7H16N2O2S. The molecule has 0 amide bonds. The first kappa shape index (κ1) is 9.95. The lowest BCUT2D eigenvalue weighted by Crippen LogP contribution is -2.41. The molecule has 0 spiro atoms. The molecule has 1 fully saturated rings. The van der Waals surface area contributed by atoms with Gasteiger partial charge in [0, 0.05) is 6.04 Å². The number of hydrogen-bond acceptors (Lipinski definition) is 2. The van der Waals surface area contributed by atoms with E-state index in [1.807, 2.05) is 0 Å². The molecule has 0 aliphatic heterocycles. The smallest absolute Gasteiger partial charge is 0.216 e. The van der Waals surface area contributed by atoms with Crippen molar-refractivity contribution in [3.05, 3.63) is 0 Å². The van der Waals surface area contributed by atoms with Crippen molar-refractivity contribution in [2.75, 3.05) is 0 Å². The molecule has 3 N–H and O–H groups in total. The van der Waals surface area contributed by atoms with Gasteiger partial charge in [-0.2, -0.15) is 13.1 Å². The Morgan fingerprint density at radius 1 is 1.42 bits per heavy atom. The van der Waals surface area contributed by atoms with Gasteiger partial charge < -0.3 is 0 Å². The normalized spacial score (nSPS) is 31.8. The van der Waals surface area contributed by atoms with Crippen molar-refractivity contribution in [2.45, 2.75) is 38.6 Å². The topological polar surface area (TPSA) is 72.2 Å². The molecule has 0 bridgehead atoms. The van der Waals surface area contributed by atoms with Crippen molar-refractivity contribution in [2.24, 2.45) is 11.1 Å². The molecule has 0 radical (unpaired) electrons. The van der Waals surface area contributed by atoms with Crippen LogP contribution in [0.4, 0.5) is 0 Å². The molecule has 0 saturated heterocycles. The molecule has 1 saturated carbocycles. The summed E-state index contributed by atoms with van der Waals surface area (Å²) >= 11 is 0. The van der Waals surface area contributed by atoms with E-state index in [0.717, 1.165) is 19.3 Å². The summed E-state index contributed by atoms with van der Waals surface area (Å²) in [5, 5.41) is 4.87. The molecule has 1 rings (SSSR count). The fourth-order valence-electron chi connectivity index (χ4n) is 1.77. The molecule has 2 unspecified atom stereocenters. The second-order valence-corrected chi connectivity index (χ2v) is 4.96. The van der Waals surface area contributed by atoms with Crippen LogP contribution in [0.25, 0.3) is 0 Å². The van der Waals surface area contributed by atoms with Crippen LogP contribution in [0.2, 0.25) is 0 Å². The summed E-state index contributed by atoms with van der Waals surface area (Å²) in [7, 11) is -3.50. The highest BCUT2D eigenvalue weighted by atomic mass is 32.2. The van der Waals surface area contributed by atoms with Crippen LogP contribution in [0.3, 0.4) is 0 Å². The third-order valence-corrected chi connectivity index (χ3v) is 2.93. The predicted octanol–water partition coefficient (Wildman–Crippen LogP) is 0.358. The van der Waals surface area contributed by atoms with Crippen molar-refractivity contribution in [3.63, 3.8) is 0 Å². The highest BCUT2D eigenvalue weighted by Gasteiger charge is 2.21. The predicted molar refractivity (Wildman–Crippen MR) is 47.7 cm³/mol. The molecule has 0 heterocycles. The van der Waals surface area contributed by atoms with Gasteiger partial charge in [-0.25, -0.2) is 5.14 Å². The largest absolute Gasteiger partial charge is 0.274 e. The van der Waals surface area contributed by atoms with Crippen LogP contribution >= 0.6 is 0 Å². The van der Waals surface area contributed by atoms with Crippen LogP contribution in [0.5, 0.6) is 0 Å². The molecule has 1 aliphatic carbocycles. The maximum absolute atomic E-state index is 10.7. The molecule has 0 aromatic carbocycles. The maximum Gasteiger partial charge on any atom is 0.274 e. The monoisotopic (exact) mass is 192 g/mol. The Morgan fingerprint density at radius 3 is 2.58 bits per heavy atom. The van der Waals surface area contributed by atoms with Crippen LogP contribution in [-0.4, -0.2) is 14.5 Å². The number of hydrogen-bond donors (Lipinski definition) is 2. The van der Waals surface area contributed by atoms with Gasteiger partial charge in [0.2, 0.25) is 0 Å². The molecule has 4 nitrogen and oxygen atoms in total. The molecule has 12 heavy (non-hydrogen) atoms. The first-order valence-corrected chi connectivity index (χ1v) is 5.82. The van der Waals surface area contributed by atoms with E-state index in [9.17, 15) is 8.42 Å². The van der Waals surface area contributed by atoms with Gasteiger partial charge in [-0.05, 0) is 18.8 Å². The van der Waals surface area contributed by atoms with E-state index in [-0.39, 0.29) is 6.04 Å². The zero-order chi connectivity index (χ0) is 9.19. The molecule has 5 heteroatoms. The Bertz CT molecular complexity index is 238. The summed E-state index contributed by atoms with van der Waals surface area (Å²) in [5.41, 5.74) is 0. The first-order chi connectivity index (χ1) is 5.47. The van der Waals surface area contributed by atoms with E-state index >= 15 is 0 Å². The highest BCUT2D eigenvalue weighted by molar-refractivity contribution is 7.87. The summed E-state index contributed by atoms with van der Waals surface area (Å²) < 4.78 is 23.8. The number of rotatable bonds is 2. The van der Waals surface area contributed by atoms with E-state index < -0.39 is 10.2 Å². The number of nitrogens with one attached hydrogen (secondary N) is 1. The molecule has 0 aromatic rings. The Hall–Kier alpha value is -0.130.